The lowest BCUT2D eigenvalue weighted by molar-refractivity contribution is -0.655. The predicted octanol–water partition coefficient (Wildman–Crippen LogP) is 1.59. The highest BCUT2D eigenvalue weighted by Gasteiger charge is 2.33. The Morgan fingerprint density at radius 1 is 0.841 bits per heavy atom. The number of carbonyl (C=O) groups is 1. The molecule has 1 amide bonds. The second-order valence-corrected chi connectivity index (χ2v) is 13.5. The molecule has 0 radical (unpaired) electrons. The third kappa shape index (κ3) is 7.41. The number of likely N-dealkylation sites (tertiary alicyclic amines) is 1. The maximum Gasteiger partial charge on any atom is 0.253 e. The van der Waals surface area contributed by atoms with E-state index in [1.54, 1.807) is 6.07 Å². The van der Waals surface area contributed by atoms with Gasteiger partial charge in [0.2, 0.25) is 0 Å². The number of piperidine rings is 2. The number of rotatable bonds is 8. The van der Waals surface area contributed by atoms with Crippen molar-refractivity contribution in [3.63, 3.8) is 0 Å². The van der Waals surface area contributed by atoms with E-state index in [4.69, 9.17) is 9.47 Å². The highest BCUT2D eigenvalue weighted by Crippen LogP contribution is 2.37. The Morgan fingerprint density at radius 2 is 1.59 bits per heavy atom. The monoisotopic (exact) mass is 611 g/mol. The van der Waals surface area contributed by atoms with E-state index < -0.39 is 5.60 Å². The number of hydrogen-bond acceptors (Lipinski definition) is 6. The second kappa shape index (κ2) is 13.5. The van der Waals surface area contributed by atoms with Crippen molar-refractivity contribution in [1.82, 2.24) is 4.90 Å². The van der Waals surface area contributed by atoms with Gasteiger partial charge in [0.25, 0.3) is 5.91 Å². The van der Waals surface area contributed by atoms with Crippen molar-refractivity contribution in [2.24, 2.45) is 5.92 Å². The van der Waals surface area contributed by atoms with Gasteiger partial charge in [0.05, 0.1) is 44.0 Å². The van der Waals surface area contributed by atoms with E-state index in [1.165, 1.54) is 6.07 Å². The first-order chi connectivity index (χ1) is 21.2. The van der Waals surface area contributed by atoms with E-state index in [1.807, 2.05) is 43.0 Å². The van der Waals surface area contributed by atoms with Crippen LogP contribution in [0.15, 0.2) is 36.4 Å². The minimum Gasteiger partial charge on any atom is -0.490 e. The third-order valence-corrected chi connectivity index (χ3v) is 9.92. The van der Waals surface area contributed by atoms with Gasteiger partial charge in [0.15, 0.2) is 6.10 Å². The van der Waals surface area contributed by atoms with Gasteiger partial charge in [-0.3, -0.25) is 4.79 Å². The Balaban J connectivity index is 1.10. The number of aliphatic hydroxyl groups is 1. The van der Waals surface area contributed by atoms with E-state index in [2.05, 4.69) is 20.4 Å². The van der Waals surface area contributed by atoms with Gasteiger partial charge in [-0.25, -0.2) is 4.39 Å². The first kappa shape index (κ1) is 30.9. The summed E-state index contributed by atoms with van der Waals surface area (Å²) in [5.41, 5.74) is 1.83. The van der Waals surface area contributed by atoms with Crippen LogP contribution in [-0.2, 0) is 0 Å². The molecular formula is C34H50FN5O4+2. The number of anilines is 2. The summed E-state index contributed by atoms with van der Waals surface area (Å²) in [6, 6.07) is 10.9. The van der Waals surface area contributed by atoms with Crippen molar-refractivity contribution >= 4 is 17.3 Å². The lowest BCUT2D eigenvalue weighted by atomic mass is 9.83. The fraction of sp³-hybridized carbons (Fsp3) is 0.618. The Labute approximate surface area is 260 Å². The van der Waals surface area contributed by atoms with Gasteiger partial charge in [0, 0.05) is 68.8 Å². The van der Waals surface area contributed by atoms with Crippen LogP contribution in [0.2, 0.25) is 0 Å². The normalized spacial score (nSPS) is 22.4. The summed E-state index contributed by atoms with van der Waals surface area (Å²) in [5.74, 6) is 1.40. The summed E-state index contributed by atoms with van der Waals surface area (Å²) >= 11 is 0. The van der Waals surface area contributed by atoms with Crippen LogP contribution in [0.1, 0.15) is 56.3 Å². The third-order valence-electron chi connectivity index (χ3n) is 9.92. The minimum absolute atomic E-state index is 0.0202. The minimum atomic E-state index is -0.693. The number of amides is 1. The first-order valence-corrected chi connectivity index (χ1v) is 16.7. The molecule has 4 saturated heterocycles. The summed E-state index contributed by atoms with van der Waals surface area (Å²) in [5, 5.41) is 15.1. The zero-order chi connectivity index (χ0) is 30.7. The topological polar surface area (TPSA) is 98.7 Å². The molecule has 4 aliphatic heterocycles. The van der Waals surface area contributed by atoms with E-state index in [0.717, 1.165) is 88.7 Å². The van der Waals surface area contributed by atoms with Crippen molar-refractivity contribution in [2.45, 2.75) is 63.8 Å². The highest BCUT2D eigenvalue weighted by molar-refractivity contribution is 5.95. The van der Waals surface area contributed by atoms with Crippen molar-refractivity contribution in [3.8, 4) is 11.5 Å². The molecule has 0 aliphatic carbocycles. The average molecular weight is 612 g/mol. The molecular weight excluding hydrogens is 561 g/mol. The van der Waals surface area contributed by atoms with E-state index in [9.17, 15) is 14.3 Å². The second-order valence-electron chi connectivity index (χ2n) is 13.5. The van der Waals surface area contributed by atoms with Crippen LogP contribution in [-0.4, -0.2) is 99.2 Å². The Hall–Kier alpha value is -3.08. The van der Waals surface area contributed by atoms with E-state index >= 15 is 0 Å². The zero-order valence-corrected chi connectivity index (χ0v) is 26.3. The van der Waals surface area contributed by atoms with Gasteiger partial charge >= 0.3 is 0 Å². The van der Waals surface area contributed by atoms with Gasteiger partial charge in [-0.2, -0.15) is 0 Å². The van der Waals surface area contributed by atoms with Crippen LogP contribution >= 0.6 is 0 Å². The molecule has 6 rings (SSSR count). The summed E-state index contributed by atoms with van der Waals surface area (Å²) in [6.07, 6.45) is 4.34. The van der Waals surface area contributed by atoms with Gasteiger partial charge < -0.3 is 39.9 Å². The number of halogens is 1. The number of piperazine rings is 1. The molecule has 4 heterocycles. The predicted molar refractivity (Wildman–Crippen MR) is 168 cm³/mol. The molecule has 0 aromatic heterocycles. The zero-order valence-electron chi connectivity index (χ0n) is 26.3. The molecule has 0 spiro atoms. The molecule has 0 bridgehead atoms. The Morgan fingerprint density at radius 3 is 2.27 bits per heavy atom. The number of quaternary nitrogens is 2. The molecule has 10 heteroatoms. The number of carbonyl (C=O) groups excluding carboxylic acids is 1. The SMILES string of the molecule is CC(C)(O)C1CCN(c2cc(C(=O)N3CCC(Oc4cc(F)cc(N5CC[NH2+]CC5)c4)CC3)ccc2O[C@H]2CC[NH2+]C2)CC1. The maximum atomic E-state index is 14.5. The Bertz CT molecular complexity index is 1270. The number of nitrogens with two attached hydrogens (primary N) is 2. The Kier molecular flexibility index (Phi) is 9.49. The molecule has 4 fully saturated rings. The summed E-state index contributed by atoms with van der Waals surface area (Å²) < 4.78 is 27.2. The van der Waals surface area contributed by atoms with E-state index in [0.29, 0.717) is 37.2 Å². The molecule has 240 valence electrons. The van der Waals surface area contributed by atoms with Gasteiger partial charge in [-0.15, -0.1) is 0 Å². The molecule has 9 nitrogen and oxygen atoms in total. The summed E-state index contributed by atoms with van der Waals surface area (Å²) in [7, 11) is 0. The molecule has 4 aliphatic rings. The largest absolute Gasteiger partial charge is 0.490 e. The number of ether oxygens (including phenoxy) is 2. The van der Waals surface area contributed by atoms with Gasteiger partial charge in [-0.1, -0.05) is 0 Å². The fourth-order valence-electron chi connectivity index (χ4n) is 7.19. The quantitative estimate of drug-likeness (QED) is 0.420. The molecule has 0 unspecified atom stereocenters. The van der Waals surface area contributed by atoms with Crippen molar-refractivity contribution < 1.29 is 34.4 Å². The molecule has 2 aromatic rings. The van der Waals surface area contributed by atoms with Crippen LogP contribution in [0.25, 0.3) is 0 Å². The van der Waals surface area contributed by atoms with Crippen molar-refractivity contribution in [2.75, 3.05) is 75.2 Å². The molecule has 1 atom stereocenters. The van der Waals surface area contributed by atoms with Gasteiger partial charge in [0.1, 0.15) is 30.0 Å². The van der Waals surface area contributed by atoms with Crippen LogP contribution in [0.3, 0.4) is 0 Å². The summed E-state index contributed by atoms with van der Waals surface area (Å²) in [4.78, 5) is 20.2. The van der Waals surface area contributed by atoms with Crippen molar-refractivity contribution in [3.05, 3.63) is 47.8 Å². The smallest absolute Gasteiger partial charge is 0.253 e. The van der Waals surface area contributed by atoms with Crippen LogP contribution in [0.5, 0.6) is 11.5 Å². The number of hydrogen-bond donors (Lipinski definition) is 3. The van der Waals surface area contributed by atoms with Crippen LogP contribution < -0.4 is 29.9 Å². The van der Waals surface area contributed by atoms with Crippen LogP contribution in [0.4, 0.5) is 15.8 Å². The first-order valence-electron chi connectivity index (χ1n) is 16.7. The molecule has 5 N–H and O–H groups in total. The number of benzene rings is 2. The lowest BCUT2D eigenvalue weighted by Gasteiger charge is -2.39. The molecule has 0 saturated carbocycles. The standard InChI is InChI=1S/C34H48FN5O4/c1-34(2,42)25-6-13-39(14-7-25)31-19-24(3-4-32(31)44-29-5-10-37-23-29)33(41)40-15-8-28(9-16-40)43-30-21-26(35)20-27(22-30)38-17-11-36-12-18-38/h3-4,19-22,25,28-29,36-37,42H,5-18,23H2,1-2H3/p+2/t29-/m0/s1. The van der Waals surface area contributed by atoms with Crippen LogP contribution in [0, 0.1) is 11.7 Å². The van der Waals surface area contributed by atoms with Gasteiger partial charge in [-0.05, 0) is 56.9 Å². The molecule has 2 aromatic carbocycles. The average Bonchev–Trinajstić information content (AvgIpc) is 3.54. The number of nitrogens with zero attached hydrogens (tertiary/aromatic N) is 3. The summed E-state index contributed by atoms with van der Waals surface area (Å²) in [6.45, 7) is 12.5. The lowest BCUT2D eigenvalue weighted by Crippen LogP contribution is -2.89. The highest BCUT2D eigenvalue weighted by atomic mass is 19.1. The van der Waals surface area contributed by atoms with E-state index in [-0.39, 0.29) is 29.9 Å². The fourth-order valence-corrected chi connectivity index (χ4v) is 7.19. The molecule has 44 heavy (non-hydrogen) atoms. The maximum absolute atomic E-state index is 14.5. The van der Waals surface area contributed by atoms with Crippen molar-refractivity contribution in [1.29, 1.82) is 0 Å².